The molecular weight excluding hydrogens is 454 g/mol. The lowest BCUT2D eigenvalue weighted by Crippen LogP contribution is -2.38. The Labute approximate surface area is 168 Å². The van der Waals surface area contributed by atoms with Crippen molar-refractivity contribution in [2.24, 2.45) is 4.99 Å². The van der Waals surface area contributed by atoms with E-state index >= 15 is 0 Å². The van der Waals surface area contributed by atoms with Crippen LogP contribution in [0.2, 0.25) is 0 Å². The average Bonchev–Trinajstić information content (AvgIpc) is 3.13. The smallest absolute Gasteiger partial charge is 0.261 e. The molecule has 0 saturated carbocycles. The van der Waals surface area contributed by atoms with E-state index in [9.17, 15) is 9.18 Å². The quantitative estimate of drug-likeness (QED) is 0.249. The molecular formula is C17H22FIN4OS. The Kier molecular flexibility index (Phi) is 10.1. The second-order valence-corrected chi connectivity index (χ2v) is 6.01. The second kappa shape index (κ2) is 11.8. The third kappa shape index (κ3) is 7.82. The highest BCUT2D eigenvalue weighted by Crippen LogP contribution is 2.07. The fraction of sp³-hybridized carbons (Fsp3) is 0.294. The van der Waals surface area contributed by atoms with Crippen LogP contribution in [-0.2, 0) is 6.54 Å². The molecule has 8 heteroatoms. The molecule has 0 radical (unpaired) electrons. The lowest BCUT2D eigenvalue weighted by molar-refractivity contribution is 0.0957. The van der Waals surface area contributed by atoms with Crippen molar-refractivity contribution < 1.29 is 9.18 Å². The predicted octanol–water partition coefficient (Wildman–Crippen LogP) is 2.99. The number of aliphatic imine (C=N–C) groups is 1. The monoisotopic (exact) mass is 476 g/mol. The Balaban J connectivity index is 0.00000312. The number of halogens is 2. The molecule has 0 aliphatic rings. The van der Waals surface area contributed by atoms with Crippen LogP contribution in [0, 0.1) is 5.82 Å². The molecule has 3 N–H and O–H groups in total. The van der Waals surface area contributed by atoms with Crippen LogP contribution in [-0.4, -0.2) is 32.0 Å². The zero-order valence-electron chi connectivity index (χ0n) is 13.9. The maximum atomic E-state index is 12.9. The number of thiophene rings is 1. The molecule has 1 aromatic carbocycles. The van der Waals surface area contributed by atoms with Gasteiger partial charge in [-0.05, 0) is 35.6 Å². The molecule has 0 aliphatic carbocycles. The van der Waals surface area contributed by atoms with Crippen molar-refractivity contribution in [3.63, 3.8) is 0 Å². The Bertz CT molecular complexity index is 662. The zero-order chi connectivity index (χ0) is 17.2. The Morgan fingerprint density at radius 3 is 2.48 bits per heavy atom. The fourth-order valence-electron chi connectivity index (χ4n) is 2.00. The lowest BCUT2D eigenvalue weighted by atomic mass is 10.2. The van der Waals surface area contributed by atoms with Crippen molar-refractivity contribution in [3.8, 4) is 0 Å². The first-order valence-corrected chi connectivity index (χ1v) is 8.57. The van der Waals surface area contributed by atoms with Gasteiger partial charge in [0, 0.05) is 26.7 Å². The maximum Gasteiger partial charge on any atom is 0.261 e. The van der Waals surface area contributed by atoms with Gasteiger partial charge in [-0.15, -0.1) is 35.3 Å². The Hall–Kier alpha value is -1.68. The summed E-state index contributed by atoms with van der Waals surface area (Å²) in [6.07, 6.45) is 0.786. The van der Waals surface area contributed by atoms with Crippen LogP contribution in [0.5, 0.6) is 0 Å². The highest BCUT2D eigenvalue weighted by atomic mass is 127. The van der Waals surface area contributed by atoms with Gasteiger partial charge in [-0.1, -0.05) is 18.2 Å². The first-order chi connectivity index (χ1) is 11.7. The number of nitrogens with zero attached hydrogens (tertiary/aromatic N) is 1. The van der Waals surface area contributed by atoms with Gasteiger partial charge in [0.15, 0.2) is 5.96 Å². The van der Waals surface area contributed by atoms with Gasteiger partial charge in [0.25, 0.3) is 5.91 Å². The average molecular weight is 476 g/mol. The number of hydrogen-bond donors (Lipinski definition) is 3. The molecule has 0 saturated heterocycles. The summed E-state index contributed by atoms with van der Waals surface area (Å²) in [6.45, 7) is 1.85. The van der Waals surface area contributed by atoms with Crippen molar-refractivity contribution in [2.75, 3.05) is 20.1 Å². The largest absolute Gasteiger partial charge is 0.356 e. The van der Waals surface area contributed by atoms with Crippen molar-refractivity contribution >= 4 is 47.2 Å². The molecule has 1 amide bonds. The van der Waals surface area contributed by atoms with E-state index in [0.29, 0.717) is 25.6 Å². The van der Waals surface area contributed by atoms with E-state index in [4.69, 9.17) is 0 Å². The van der Waals surface area contributed by atoms with Crippen LogP contribution < -0.4 is 16.0 Å². The number of carbonyl (C=O) groups excluding carboxylic acids is 1. The van der Waals surface area contributed by atoms with E-state index in [1.165, 1.54) is 23.5 Å². The van der Waals surface area contributed by atoms with Gasteiger partial charge >= 0.3 is 0 Å². The number of amides is 1. The van der Waals surface area contributed by atoms with E-state index in [1.807, 2.05) is 11.4 Å². The van der Waals surface area contributed by atoms with Gasteiger partial charge in [-0.2, -0.15) is 0 Å². The minimum atomic E-state index is -0.245. The van der Waals surface area contributed by atoms with E-state index < -0.39 is 0 Å². The number of nitrogens with one attached hydrogen (secondary N) is 3. The first-order valence-electron chi connectivity index (χ1n) is 7.69. The van der Waals surface area contributed by atoms with Crippen molar-refractivity contribution in [1.29, 1.82) is 0 Å². The van der Waals surface area contributed by atoms with Gasteiger partial charge in [0.05, 0.1) is 4.88 Å². The SMILES string of the molecule is CN=C(NCCCNC(=O)c1cccs1)NCc1ccc(F)cc1.I. The van der Waals surface area contributed by atoms with E-state index in [2.05, 4.69) is 20.9 Å². The zero-order valence-corrected chi connectivity index (χ0v) is 17.1. The van der Waals surface area contributed by atoms with Crippen LogP contribution in [0.4, 0.5) is 4.39 Å². The molecule has 0 atom stereocenters. The van der Waals surface area contributed by atoms with Crippen molar-refractivity contribution in [2.45, 2.75) is 13.0 Å². The number of carbonyl (C=O) groups is 1. The molecule has 1 aromatic heterocycles. The fourth-order valence-corrected chi connectivity index (χ4v) is 2.64. The molecule has 136 valence electrons. The van der Waals surface area contributed by atoms with Gasteiger partial charge in [-0.3, -0.25) is 9.79 Å². The lowest BCUT2D eigenvalue weighted by Gasteiger charge is -2.12. The van der Waals surface area contributed by atoms with E-state index in [0.717, 1.165) is 16.9 Å². The number of rotatable bonds is 7. The van der Waals surface area contributed by atoms with E-state index in [1.54, 1.807) is 25.2 Å². The summed E-state index contributed by atoms with van der Waals surface area (Å²) in [5, 5.41) is 11.1. The minimum Gasteiger partial charge on any atom is -0.356 e. The summed E-state index contributed by atoms with van der Waals surface area (Å²) < 4.78 is 12.9. The summed E-state index contributed by atoms with van der Waals surface area (Å²) in [6, 6.07) is 10.00. The molecule has 5 nitrogen and oxygen atoms in total. The number of benzene rings is 1. The molecule has 25 heavy (non-hydrogen) atoms. The minimum absolute atomic E-state index is 0. The highest BCUT2D eigenvalue weighted by molar-refractivity contribution is 14.0. The number of guanidine groups is 1. The molecule has 1 heterocycles. The van der Waals surface area contributed by atoms with Crippen LogP contribution >= 0.6 is 35.3 Å². The van der Waals surface area contributed by atoms with Crippen molar-refractivity contribution in [1.82, 2.24) is 16.0 Å². The Morgan fingerprint density at radius 1 is 1.12 bits per heavy atom. The summed E-state index contributed by atoms with van der Waals surface area (Å²) >= 11 is 1.43. The maximum absolute atomic E-state index is 12.9. The van der Waals surface area contributed by atoms with Gasteiger partial charge < -0.3 is 16.0 Å². The molecule has 0 unspecified atom stereocenters. The van der Waals surface area contributed by atoms with Gasteiger partial charge in [0.2, 0.25) is 0 Å². The van der Waals surface area contributed by atoms with Gasteiger partial charge in [-0.25, -0.2) is 4.39 Å². The molecule has 2 aromatic rings. The normalized spacial score (nSPS) is 10.7. The Morgan fingerprint density at radius 2 is 1.84 bits per heavy atom. The van der Waals surface area contributed by atoms with Crippen LogP contribution in [0.3, 0.4) is 0 Å². The third-order valence-electron chi connectivity index (χ3n) is 3.27. The van der Waals surface area contributed by atoms with E-state index in [-0.39, 0.29) is 35.7 Å². The third-order valence-corrected chi connectivity index (χ3v) is 4.14. The molecule has 0 spiro atoms. The summed E-state index contributed by atoms with van der Waals surface area (Å²) in [7, 11) is 1.69. The first kappa shape index (κ1) is 21.4. The topological polar surface area (TPSA) is 65.5 Å². The molecule has 0 aliphatic heterocycles. The summed E-state index contributed by atoms with van der Waals surface area (Å²) in [5.74, 6) is 0.388. The molecule has 0 bridgehead atoms. The number of hydrogen-bond acceptors (Lipinski definition) is 3. The summed E-state index contributed by atoms with van der Waals surface area (Å²) in [4.78, 5) is 16.6. The summed E-state index contributed by atoms with van der Waals surface area (Å²) in [5.41, 5.74) is 0.975. The molecule has 2 rings (SSSR count). The standard InChI is InChI=1S/C17H21FN4OS.HI/c1-19-17(22-12-13-5-7-14(18)8-6-13)21-10-3-9-20-16(23)15-4-2-11-24-15;/h2,4-8,11H,3,9-10,12H2,1H3,(H,20,23)(H2,19,21,22);1H. The van der Waals surface area contributed by atoms with Crippen LogP contribution in [0.1, 0.15) is 21.7 Å². The van der Waals surface area contributed by atoms with Crippen LogP contribution in [0.15, 0.2) is 46.8 Å². The second-order valence-electron chi connectivity index (χ2n) is 5.07. The van der Waals surface area contributed by atoms with Gasteiger partial charge in [0.1, 0.15) is 5.82 Å². The van der Waals surface area contributed by atoms with Crippen LogP contribution in [0.25, 0.3) is 0 Å². The predicted molar refractivity (Wildman–Crippen MR) is 111 cm³/mol. The molecule has 0 fully saturated rings. The highest BCUT2D eigenvalue weighted by Gasteiger charge is 2.04. The van der Waals surface area contributed by atoms with Crippen molar-refractivity contribution in [3.05, 3.63) is 58.0 Å².